The third-order valence-electron chi connectivity index (χ3n) is 3.75. The molecule has 0 unspecified atom stereocenters. The molecule has 0 radical (unpaired) electrons. The number of rotatable bonds is 1. The van der Waals surface area contributed by atoms with Gasteiger partial charge in [-0.05, 0) is 61.4 Å². The van der Waals surface area contributed by atoms with Crippen LogP contribution in [0, 0.1) is 12.8 Å². The molecule has 1 N–H and O–H groups in total. The fourth-order valence-electron chi connectivity index (χ4n) is 2.92. The number of hydrogen-bond acceptors (Lipinski definition) is 2. The number of piperidine rings is 1. The number of nitrogens with zero attached hydrogens (tertiary/aromatic N) is 1. The summed E-state index contributed by atoms with van der Waals surface area (Å²) in [6.45, 7) is 3.29. The summed E-state index contributed by atoms with van der Waals surface area (Å²) >= 11 is 0. The average molecular weight is 214 g/mol. The second kappa shape index (κ2) is 4.02. The third kappa shape index (κ3) is 1.78. The molecule has 1 fully saturated rings. The minimum absolute atomic E-state index is 0.615. The van der Waals surface area contributed by atoms with Crippen LogP contribution in [0.5, 0.6) is 0 Å². The molecular formula is C14H18N2. The van der Waals surface area contributed by atoms with E-state index in [0.717, 1.165) is 5.92 Å². The molecule has 1 aromatic heterocycles. The predicted molar refractivity (Wildman–Crippen MR) is 66.1 cm³/mol. The predicted octanol–water partition coefficient (Wildman–Crippen LogP) is 2.55. The molecule has 1 saturated heterocycles. The summed E-state index contributed by atoms with van der Waals surface area (Å²) in [6.07, 6.45) is 10.3. The van der Waals surface area contributed by atoms with Gasteiger partial charge in [-0.25, -0.2) is 0 Å². The van der Waals surface area contributed by atoms with Crippen LogP contribution in [0.25, 0.3) is 5.57 Å². The molecule has 2 nitrogen and oxygen atoms in total. The van der Waals surface area contributed by atoms with Gasteiger partial charge in [-0.15, -0.1) is 0 Å². The first-order valence-electron chi connectivity index (χ1n) is 6.19. The second-order valence-corrected chi connectivity index (χ2v) is 5.03. The van der Waals surface area contributed by atoms with Crippen LogP contribution in [0.3, 0.4) is 0 Å². The van der Waals surface area contributed by atoms with E-state index in [-0.39, 0.29) is 0 Å². The van der Waals surface area contributed by atoms with E-state index in [1.165, 1.54) is 42.5 Å². The van der Waals surface area contributed by atoms with Gasteiger partial charge in [-0.1, -0.05) is 6.08 Å². The lowest BCUT2D eigenvalue weighted by atomic mass is 9.92. The number of hydrogen-bond donors (Lipinski definition) is 1. The summed E-state index contributed by atoms with van der Waals surface area (Å²) in [4.78, 5) is 4.28. The first kappa shape index (κ1) is 10.0. The lowest BCUT2D eigenvalue weighted by Gasteiger charge is -2.25. The van der Waals surface area contributed by atoms with Crippen molar-refractivity contribution in [2.75, 3.05) is 6.54 Å². The summed E-state index contributed by atoms with van der Waals surface area (Å²) in [7, 11) is 0. The molecule has 2 aliphatic rings. The average Bonchev–Trinajstić information content (AvgIpc) is 2.72. The monoisotopic (exact) mass is 214 g/mol. The molecule has 2 heteroatoms. The number of allylic oxidation sites excluding steroid dienone is 1. The Morgan fingerprint density at radius 2 is 2.31 bits per heavy atom. The topological polar surface area (TPSA) is 24.9 Å². The van der Waals surface area contributed by atoms with Gasteiger partial charge >= 0.3 is 0 Å². The number of nitrogens with one attached hydrogen (secondary N) is 1. The zero-order valence-electron chi connectivity index (χ0n) is 9.74. The van der Waals surface area contributed by atoms with Crippen LogP contribution >= 0.6 is 0 Å². The van der Waals surface area contributed by atoms with Gasteiger partial charge < -0.3 is 5.32 Å². The van der Waals surface area contributed by atoms with E-state index >= 15 is 0 Å². The lowest BCUT2D eigenvalue weighted by Crippen LogP contribution is -2.37. The Morgan fingerprint density at radius 3 is 3.12 bits per heavy atom. The number of fused-ring (bicyclic) bond motifs is 1. The molecule has 16 heavy (non-hydrogen) atoms. The Balaban J connectivity index is 1.86. The smallest absolute Gasteiger partial charge is 0.0343 e. The molecule has 0 spiro atoms. The van der Waals surface area contributed by atoms with Gasteiger partial charge in [0.05, 0.1) is 0 Å². The second-order valence-electron chi connectivity index (χ2n) is 5.03. The van der Waals surface area contributed by atoms with Crippen LogP contribution < -0.4 is 5.32 Å². The van der Waals surface area contributed by atoms with Crippen LogP contribution in [-0.4, -0.2) is 17.6 Å². The Labute approximate surface area is 96.8 Å². The lowest BCUT2D eigenvalue weighted by molar-refractivity contribution is 0.341. The zero-order chi connectivity index (χ0) is 11.0. The molecule has 3 rings (SSSR count). The highest BCUT2D eigenvalue weighted by atomic mass is 14.9. The molecule has 1 aromatic rings. The summed E-state index contributed by atoms with van der Waals surface area (Å²) in [5.74, 6) is 0.823. The molecule has 0 aromatic carbocycles. The summed E-state index contributed by atoms with van der Waals surface area (Å²) in [6, 6.07) is 2.86. The maximum atomic E-state index is 4.28. The van der Waals surface area contributed by atoms with E-state index in [1.807, 2.05) is 12.4 Å². The molecule has 0 amide bonds. The van der Waals surface area contributed by atoms with Gasteiger partial charge in [-0.2, -0.15) is 0 Å². The highest BCUT2D eigenvalue weighted by Gasteiger charge is 2.29. The Kier molecular flexibility index (Phi) is 2.52. The van der Waals surface area contributed by atoms with Crippen LogP contribution in [0.4, 0.5) is 0 Å². The standard InChI is InChI=1S/C14H18N2/c1-10-5-13(9-15-8-10)12-6-11-3-2-4-16-14(11)7-12/h5,7-9,11,14,16H,2-4,6H2,1H3/t11-,14+/m0/s1. The highest BCUT2D eigenvalue weighted by molar-refractivity contribution is 5.68. The number of aromatic nitrogens is 1. The van der Waals surface area contributed by atoms with Crippen molar-refractivity contribution in [3.05, 3.63) is 35.7 Å². The van der Waals surface area contributed by atoms with Crippen molar-refractivity contribution in [1.82, 2.24) is 10.3 Å². The molecule has 84 valence electrons. The van der Waals surface area contributed by atoms with E-state index in [1.54, 1.807) is 0 Å². The van der Waals surface area contributed by atoms with Crippen molar-refractivity contribution in [2.45, 2.75) is 32.2 Å². The summed E-state index contributed by atoms with van der Waals surface area (Å²) < 4.78 is 0. The molecule has 2 heterocycles. The molecule has 1 aliphatic heterocycles. The van der Waals surface area contributed by atoms with E-state index in [0.29, 0.717) is 6.04 Å². The van der Waals surface area contributed by atoms with Crippen molar-refractivity contribution in [3.63, 3.8) is 0 Å². The fraction of sp³-hybridized carbons (Fsp3) is 0.500. The van der Waals surface area contributed by atoms with Gasteiger partial charge in [0.2, 0.25) is 0 Å². The molecule has 2 atom stereocenters. The first-order valence-corrected chi connectivity index (χ1v) is 6.19. The van der Waals surface area contributed by atoms with E-state index in [9.17, 15) is 0 Å². The third-order valence-corrected chi connectivity index (χ3v) is 3.75. The summed E-state index contributed by atoms with van der Waals surface area (Å²) in [5.41, 5.74) is 4.05. The van der Waals surface area contributed by atoms with Gasteiger partial charge in [0.25, 0.3) is 0 Å². The van der Waals surface area contributed by atoms with E-state index < -0.39 is 0 Å². The van der Waals surface area contributed by atoms with E-state index in [2.05, 4.69) is 29.4 Å². The van der Waals surface area contributed by atoms with Crippen molar-refractivity contribution in [2.24, 2.45) is 5.92 Å². The molecule has 1 aliphatic carbocycles. The van der Waals surface area contributed by atoms with Crippen LogP contribution in [0.1, 0.15) is 30.4 Å². The Morgan fingerprint density at radius 1 is 1.38 bits per heavy atom. The van der Waals surface area contributed by atoms with Crippen LogP contribution in [-0.2, 0) is 0 Å². The van der Waals surface area contributed by atoms with Crippen molar-refractivity contribution in [3.8, 4) is 0 Å². The maximum Gasteiger partial charge on any atom is 0.0343 e. The fourth-order valence-corrected chi connectivity index (χ4v) is 2.92. The van der Waals surface area contributed by atoms with Gasteiger partial charge in [0.15, 0.2) is 0 Å². The maximum absolute atomic E-state index is 4.28. The van der Waals surface area contributed by atoms with Crippen LogP contribution in [0.2, 0.25) is 0 Å². The number of aryl methyl sites for hydroxylation is 1. The molecule has 0 bridgehead atoms. The van der Waals surface area contributed by atoms with Gasteiger partial charge in [0, 0.05) is 18.4 Å². The van der Waals surface area contributed by atoms with Gasteiger partial charge in [-0.3, -0.25) is 4.98 Å². The first-order chi connectivity index (χ1) is 7.83. The quantitative estimate of drug-likeness (QED) is 0.777. The summed E-state index contributed by atoms with van der Waals surface area (Å²) in [5, 5.41) is 3.60. The minimum Gasteiger partial charge on any atom is -0.310 e. The Bertz CT molecular complexity index is 422. The highest BCUT2D eigenvalue weighted by Crippen LogP contribution is 2.36. The van der Waals surface area contributed by atoms with E-state index in [4.69, 9.17) is 0 Å². The van der Waals surface area contributed by atoms with Crippen molar-refractivity contribution >= 4 is 5.57 Å². The minimum atomic E-state index is 0.615. The van der Waals surface area contributed by atoms with Crippen LogP contribution in [0.15, 0.2) is 24.5 Å². The number of pyridine rings is 1. The van der Waals surface area contributed by atoms with Gasteiger partial charge in [0.1, 0.15) is 0 Å². The zero-order valence-corrected chi connectivity index (χ0v) is 9.74. The largest absolute Gasteiger partial charge is 0.310 e. The van der Waals surface area contributed by atoms with Crippen molar-refractivity contribution < 1.29 is 0 Å². The normalized spacial score (nSPS) is 28.7. The van der Waals surface area contributed by atoms with Crippen molar-refractivity contribution in [1.29, 1.82) is 0 Å². The SMILES string of the molecule is Cc1cncc(C2=C[C@H]3NCCC[C@H]3C2)c1. The Hall–Kier alpha value is -1.15. The molecule has 0 saturated carbocycles. The molecular weight excluding hydrogens is 196 g/mol.